The summed E-state index contributed by atoms with van der Waals surface area (Å²) in [6, 6.07) is 6.37. The summed E-state index contributed by atoms with van der Waals surface area (Å²) in [4.78, 5) is 4.09. The van der Waals surface area contributed by atoms with Gasteiger partial charge in [0.1, 0.15) is 0 Å². The molecule has 1 aromatic heterocycles. The van der Waals surface area contributed by atoms with E-state index >= 15 is 0 Å². The Balaban J connectivity index is 1.81. The second-order valence-electron chi connectivity index (χ2n) is 6.44. The Morgan fingerprint density at radius 1 is 1.25 bits per heavy atom. The van der Waals surface area contributed by atoms with Crippen LogP contribution in [0, 0.1) is 0 Å². The number of hydrogen-bond donors (Lipinski definition) is 1. The van der Waals surface area contributed by atoms with Gasteiger partial charge in [-0.05, 0) is 45.1 Å². The van der Waals surface area contributed by atoms with Crippen molar-refractivity contribution >= 4 is 11.3 Å². The summed E-state index contributed by atoms with van der Waals surface area (Å²) in [6.07, 6.45) is 7.01. The molecule has 2 rings (SSSR count). The molecular formula is C17H30N2S. The molecule has 0 spiro atoms. The summed E-state index contributed by atoms with van der Waals surface area (Å²) < 4.78 is 0. The van der Waals surface area contributed by atoms with Crippen molar-refractivity contribution in [3.63, 3.8) is 0 Å². The molecule has 114 valence electrons. The highest BCUT2D eigenvalue weighted by Gasteiger charge is 2.20. The van der Waals surface area contributed by atoms with E-state index in [0.717, 1.165) is 19.1 Å². The van der Waals surface area contributed by atoms with Crippen LogP contribution in [0.4, 0.5) is 0 Å². The van der Waals surface area contributed by atoms with E-state index in [1.807, 2.05) is 11.3 Å². The first-order valence-electron chi connectivity index (χ1n) is 8.18. The minimum absolute atomic E-state index is 0.596. The molecule has 0 bridgehead atoms. The quantitative estimate of drug-likeness (QED) is 0.808. The van der Waals surface area contributed by atoms with E-state index < -0.39 is 0 Å². The van der Waals surface area contributed by atoms with Gasteiger partial charge < -0.3 is 5.32 Å². The van der Waals surface area contributed by atoms with Crippen LogP contribution in [0.25, 0.3) is 0 Å². The lowest BCUT2D eigenvalue weighted by molar-refractivity contribution is 0.148. The molecule has 1 heterocycles. The van der Waals surface area contributed by atoms with Crippen LogP contribution < -0.4 is 5.32 Å². The van der Waals surface area contributed by atoms with Crippen molar-refractivity contribution in [2.24, 2.45) is 0 Å². The monoisotopic (exact) mass is 294 g/mol. The van der Waals surface area contributed by atoms with Crippen molar-refractivity contribution in [1.29, 1.82) is 0 Å². The number of nitrogens with zero attached hydrogens (tertiary/aromatic N) is 1. The number of nitrogens with one attached hydrogen (secondary N) is 1. The fraction of sp³-hybridized carbons (Fsp3) is 0.765. The van der Waals surface area contributed by atoms with Gasteiger partial charge in [0.25, 0.3) is 0 Å². The standard InChI is InChI=1S/C17H30N2S/c1-14(2)19(13-17-10-7-11-20-17)15(3)12-18-16-8-5-4-6-9-16/h7,10-11,14-16,18H,4-6,8-9,12-13H2,1-3H3. The third-order valence-corrected chi connectivity index (χ3v) is 5.32. The van der Waals surface area contributed by atoms with Crippen LogP contribution in [0.15, 0.2) is 17.5 Å². The Labute approximate surface area is 128 Å². The molecular weight excluding hydrogens is 264 g/mol. The summed E-state index contributed by atoms with van der Waals surface area (Å²) in [5.41, 5.74) is 0. The first-order chi connectivity index (χ1) is 9.66. The van der Waals surface area contributed by atoms with Crippen molar-refractivity contribution < 1.29 is 0 Å². The van der Waals surface area contributed by atoms with Gasteiger partial charge in [-0.25, -0.2) is 0 Å². The Morgan fingerprint density at radius 2 is 2.00 bits per heavy atom. The van der Waals surface area contributed by atoms with E-state index in [-0.39, 0.29) is 0 Å². The van der Waals surface area contributed by atoms with Crippen molar-refractivity contribution in [3.05, 3.63) is 22.4 Å². The van der Waals surface area contributed by atoms with Gasteiger partial charge >= 0.3 is 0 Å². The number of hydrogen-bond acceptors (Lipinski definition) is 3. The molecule has 3 heteroatoms. The molecule has 0 amide bonds. The molecule has 0 saturated heterocycles. The van der Waals surface area contributed by atoms with Gasteiger partial charge in [-0.2, -0.15) is 0 Å². The van der Waals surface area contributed by atoms with E-state index in [1.165, 1.54) is 37.0 Å². The molecule has 0 radical (unpaired) electrons. The number of rotatable bonds is 7. The van der Waals surface area contributed by atoms with Gasteiger partial charge in [0.2, 0.25) is 0 Å². The Kier molecular flexibility index (Phi) is 6.53. The average Bonchev–Trinajstić information content (AvgIpc) is 2.96. The topological polar surface area (TPSA) is 15.3 Å². The van der Waals surface area contributed by atoms with E-state index in [9.17, 15) is 0 Å². The number of thiophene rings is 1. The molecule has 2 nitrogen and oxygen atoms in total. The van der Waals surface area contributed by atoms with E-state index in [0.29, 0.717) is 12.1 Å². The molecule has 1 aromatic rings. The fourth-order valence-corrected chi connectivity index (χ4v) is 3.90. The molecule has 1 aliphatic rings. The Bertz CT molecular complexity index is 355. The van der Waals surface area contributed by atoms with Crippen LogP contribution >= 0.6 is 11.3 Å². The van der Waals surface area contributed by atoms with Crippen molar-refractivity contribution in [2.45, 2.75) is 77.5 Å². The molecule has 0 aliphatic heterocycles. The zero-order valence-corrected chi connectivity index (χ0v) is 14.1. The van der Waals surface area contributed by atoms with Crippen LogP contribution in [0.1, 0.15) is 57.8 Å². The highest BCUT2D eigenvalue weighted by atomic mass is 32.1. The zero-order chi connectivity index (χ0) is 14.4. The van der Waals surface area contributed by atoms with Gasteiger partial charge in [0.05, 0.1) is 0 Å². The van der Waals surface area contributed by atoms with Crippen LogP contribution in [0.5, 0.6) is 0 Å². The lowest BCUT2D eigenvalue weighted by atomic mass is 9.95. The highest BCUT2D eigenvalue weighted by Crippen LogP contribution is 2.19. The van der Waals surface area contributed by atoms with Crippen LogP contribution in [0.3, 0.4) is 0 Å². The third-order valence-electron chi connectivity index (χ3n) is 4.46. The molecule has 1 atom stereocenters. The maximum absolute atomic E-state index is 3.80. The molecule has 1 unspecified atom stereocenters. The first-order valence-corrected chi connectivity index (χ1v) is 9.06. The zero-order valence-electron chi connectivity index (χ0n) is 13.3. The lowest BCUT2D eigenvalue weighted by Crippen LogP contribution is -2.46. The van der Waals surface area contributed by atoms with Gasteiger partial charge in [-0.3, -0.25) is 4.90 Å². The van der Waals surface area contributed by atoms with Crippen LogP contribution in [-0.2, 0) is 6.54 Å². The van der Waals surface area contributed by atoms with E-state index in [2.05, 4.69) is 48.5 Å². The summed E-state index contributed by atoms with van der Waals surface area (Å²) in [5.74, 6) is 0. The van der Waals surface area contributed by atoms with Gasteiger partial charge in [0.15, 0.2) is 0 Å². The molecule has 1 N–H and O–H groups in total. The van der Waals surface area contributed by atoms with Crippen molar-refractivity contribution in [2.75, 3.05) is 6.54 Å². The lowest BCUT2D eigenvalue weighted by Gasteiger charge is -2.34. The normalized spacial score (nSPS) is 18.9. The first kappa shape index (κ1) is 16.0. The van der Waals surface area contributed by atoms with E-state index in [4.69, 9.17) is 0 Å². The highest BCUT2D eigenvalue weighted by molar-refractivity contribution is 7.09. The minimum Gasteiger partial charge on any atom is -0.312 e. The van der Waals surface area contributed by atoms with Crippen LogP contribution in [0.2, 0.25) is 0 Å². The smallest absolute Gasteiger partial charge is 0.0333 e. The summed E-state index contributed by atoms with van der Waals surface area (Å²) in [7, 11) is 0. The second kappa shape index (κ2) is 8.16. The van der Waals surface area contributed by atoms with Crippen molar-refractivity contribution in [3.8, 4) is 0 Å². The second-order valence-corrected chi connectivity index (χ2v) is 7.47. The maximum atomic E-state index is 3.80. The molecule has 1 saturated carbocycles. The molecule has 0 aromatic carbocycles. The predicted molar refractivity (Wildman–Crippen MR) is 89.3 cm³/mol. The van der Waals surface area contributed by atoms with Gasteiger partial charge in [0, 0.05) is 36.1 Å². The van der Waals surface area contributed by atoms with Gasteiger partial charge in [-0.15, -0.1) is 11.3 Å². The molecule has 1 aliphatic carbocycles. The molecule has 1 fully saturated rings. The predicted octanol–water partition coefficient (Wildman–Crippen LogP) is 4.27. The molecule has 20 heavy (non-hydrogen) atoms. The van der Waals surface area contributed by atoms with E-state index in [1.54, 1.807) is 0 Å². The maximum Gasteiger partial charge on any atom is 0.0333 e. The summed E-state index contributed by atoms with van der Waals surface area (Å²) in [5, 5.41) is 5.98. The fourth-order valence-electron chi connectivity index (χ4n) is 3.19. The minimum atomic E-state index is 0.596. The largest absolute Gasteiger partial charge is 0.312 e. The van der Waals surface area contributed by atoms with Gasteiger partial charge in [-0.1, -0.05) is 25.3 Å². The Morgan fingerprint density at radius 3 is 2.60 bits per heavy atom. The summed E-state index contributed by atoms with van der Waals surface area (Å²) in [6.45, 7) is 9.19. The average molecular weight is 295 g/mol. The third kappa shape index (κ3) is 4.87. The summed E-state index contributed by atoms with van der Waals surface area (Å²) >= 11 is 1.87. The Hall–Kier alpha value is -0.380. The van der Waals surface area contributed by atoms with Crippen LogP contribution in [-0.4, -0.2) is 29.6 Å². The SMILES string of the molecule is CC(C)N(Cc1cccs1)C(C)CNC1CCCCC1. The van der Waals surface area contributed by atoms with Crippen molar-refractivity contribution in [1.82, 2.24) is 10.2 Å².